The molecule has 1 atom stereocenters. The van der Waals surface area contributed by atoms with Crippen LogP contribution in [0.2, 0.25) is 0 Å². The van der Waals surface area contributed by atoms with Crippen molar-refractivity contribution in [1.82, 2.24) is 4.98 Å². The second-order valence-electron chi connectivity index (χ2n) is 6.72. The molecule has 0 amide bonds. The van der Waals surface area contributed by atoms with Crippen LogP contribution in [0.15, 0.2) is 29.0 Å². The van der Waals surface area contributed by atoms with E-state index in [0.29, 0.717) is 18.8 Å². The second kappa shape index (κ2) is 6.04. The standard InChI is InChI=1S/C17H20F3N3S/c1-16(2)10-23(12(5-7-21)11-6-8-24-9-11)13-3-4-14(17(18,19)20)22-15(13)16/h3-4,6,8-9,12H,5,7,10,21H2,1-2H3/t12-/m1/s1. The average molecular weight is 355 g/mol. The van der Waals surface area contributed by atoms with Gasteiger partial charge in [-0.05, 0) is 47.5 Å². The van der Waals surface area contributed by atoms with Gasteiger partial charge in [0.15, 0.2) is 0 Å². The predicted octanol–water partition coefficient (Wildman–Crippen LogP) is 4.35. The van der Waals surface area contributed by atoms with E-state index in [2.05, 4.69) is 15.3 Å². The van der Waals surface area contributed by atoms with Crippen LogP contribution in [-0.2, 0) is 11.6 Å². The smallest absolute Gasteiger partial charge is 0.362 e. The van der Waals surface area contributed by atoms with Gasteiger partial charge in [0.2, 0.25) is 0 Å². The minimum atomic E-state index is -4.43. The van der Waals surface area contributed by atoms with E-state index in [4.69, 9.17) is 5.73 Å². The number of thiophene rings is 1. The first-order chi connectivity index (χ1) is 11.2. The number of hydrogen-bond donors (Lipinski definition) is 1. The van der Waals surface area contributed by atoms with Gasteiger partial charge in [-0.3, -0.25) is 0 Å². The number of nitrogens with two attached hydrogens (primary N) is 1. The molecule has 3 heterocycles. The molecule has 7 heteroatoms. The van der Waals surface area contributed by atoms with E-state index in [9.17, 15) is 13.2 Å². The molecule has 0 unspecified atom stereocenters. The maximum absolute atomic E-state index is 13.0. The molecule has 3 rings (SSSR count). The minimum absolute atomic E-state index is 0.0558. The van der Waals surface area contributed by atoms with Crippen LogP contribution in [-0.4, -0.2) is 18.1 Å². The van der Waals surface area contributed by atoms with E-state index in [1.54, 1.807) is 17.4 Å². The summed E-state index contributed by atoms with van der Waals surface area (Å²) in [6.07, 6.45) is -3.68. The Morgan fingerprint density at radius 2 is 2.08 bits per heavy atom. The lowest BCUT2D eigenvalue weighted by Crippen LogP contribution is -2.33. The van der Waals surface area contributed by atoms with Gasteiger partial charge in [0.05, 0.1) is 17.4 Å². The molecule has 2 N–H and O–H groups in total. The number of hydrogen-bond acceptors (Lipinski definition) is 4. The number of nitrogens with zero attached hydrogens (tertiary/aromatic N) is 2. The van der Waals surface area contributed by atoms with Gasteiger partial charge in [0, 0.05) is 12.0 Å². The van der Waals surface area contributed by atoms with Gasteiger partial charge in [0.25, 0.3) is 0 Å². The molecule has 3 nitrogen and oxygen atoms in total. The topological polar surface area (TPSA) is 42.1 Å². The van der Waals surface area contributed by atoms with E-state index < -0.39 is 17.3 Å². The number of pyridine rings is 1. The van der Waals surface area contributed by atoms with Crippen LogP contribution in [0.5, 0.6) is 0 Å². The fraction of sp³-hybridized carbons (Fsp3) is 0.471. The number of fused-ring (bicyclic) bond motifs is 1. The van der Waals surface area contributed by atoms with Crippen molar-refractivity contribution in [1.29, 1.82) is 0 Å². The third-order valence-electron chi connectivity index (χ3n) is 4.42. The highest BCUT2D eigenvalue weighted by Gasteiger charge is 2.42. The molecule has 0 aliphatic carbocycles. The molecule has 0 fully saturated rings. The van der Waals surface area contributed by atoms with Gasteiger partial charge >= 0.3 is 6.18 Å². The molecule has 1 aliphatic heterocycles. The fourth-order valence-corrected chi connectivity index (χ4v) is 4.04. The zero-order valence-electron chi connectivity index (χ0n) is 13.6. The lowest BCUT2D eigenvalue weighted by atomic mass is 9.91. The summed E-state index contributed by atoms with van der Waals surface area (Å²) in [4.78, 5) is 6.11. The number of halogens is 3. The summed E-state index contributed by atoms with van der Waals surface area (Å²) >= 11 is 1.61. The van der Waals surface area contributed by atoms with Crippen molar-refractivity contribution < 1.29 is 13.2 Å². The van der Waals surface area contributed by atoms with E-state index >= 15 is 0 Å². The zero-order valence-corrected chi connectivity index (χ0v) is 14.4. The van der Waals surface area contributed by atoms with Crippen LogP contribution in [0.1, 0.15) is 43.3 Å². The SMILES string of the molecule is CC1(C)CN([C@H](CCN)c2ccsc2)c2ccc(C(F)(F)F)nc21. The summed E-state index contributed by atoms with van der Waals surface area (Å²) in [6.45, 7) is 5.01. The summed E-state index contributed by atoms with van der Waals surface area (Å²) in [7, 11) is 0. The Balaban J connectivity index is 2.05. The van der Waals surface area contributed by atoms with Crippen LogP contribution < -0.4 is 10.6 Å². The number of rotatable bonds is 4. The van der Waals surface area contributed by atoms with Crippen LogP contribution in [0.25, 0.3) is 0 Å². The molecule has 0 aromatic carbocycles. The summed E-state index contributed by atoms with van der Waals surface area (Å²) < 4.78 is 39.1. The summed E-state index contributed by atoms with van der Waals surface area (Å²) in [5.74, 6) is 0. The second-order valence-corrected chi connectivity index (χ2v) is 7.50. The highest BCUT2D eigenvalue weighted by atomic mass is 32.1. The summed E-state index contributed by atoms with van der Waals surface area (Å²) in [6, 6.07) is 4.73. The highest BCUT2D eigenvalue weighted by molar-refractivity contribution is 7.08. The van der Waals surface area contributed by atoms with E-state index in [1.165, 1.54) is 0 Å². The first kappa shape index (κ1) is 17.2. The molecule has 0 bridgehead atoms. The quantitative estimate of drug-likeness (QED) is 0.887. The zero-order chi connectivity index (χ0) is 17.5. The Bertz CT molecular complexity index is 710. The molecule has 2 aromatic heterocycles. The largest absolute Gasteiger partial charge is 0.433 e. The van der Waals surface area contributed by atoms with Gasteiger partial charge in [-0.15, -0.1) is 0 Å². The molecule has 0 spiro atoms. The molecule has 0 radical (unpaired) electrons. The molecule has 0 saturated carbocycles. The lowest BCUT2D eigenvalue weighted by Gasteiger charge is -2.31. The van der Waals surface area contributed by atoms with Crippen LogP contribution in [0.4, 0.5) is 18.9 Å². The molecule has 130 valence electrons. The molecule has 1 aliphatic rings. The number of aromatic nitrogens is 1. The van der Waals surface area contributed by atoms with Crippen LogP contribution >= 0.6 is 11.3 Å². The van der Waals surface area contributed by atoms with Crippen molar-refractivity contribution >= 4 is 17.0 Å². The van der Waals surface area contributed by atoms with Gasteiger partial charge in [-0.25, -0.2) is 4.98 Å². The van der Waals surface area contributed by atoms with Gasteiger partial charge in [-0.1, -0.05) is 13.8 Å². The first-order valence-electron chi connectivity index (χ1n) is 7.81. The highest BCUT2D eigenvalue weighted by Crippen LogP contribution is 2.45. The van der Waals surface area contributed by atoms with Gasteiger partial charge in [0.1, 0.15) is 5.69 Å². The Morgan fingerprint density at radius 1 is 1.33 bits per heavy atom. The molecular formula is C17H20F3N3S. The third kappa shape index (κ3) is 3.02. The van der Waals surface area contributed by atoms with Crippen LogP contribution in [0, 0.1) is 0 Å². The maximum Gasteiger partial charge on any atom is 0.433 e. The Hall–Kier alpha value is -1.60. The fourth-order valence-electron chi connectivity index (χ4n) is 3.33. The average Bonchev–Trinajstić information content (AvgIpc) is 3.11. The molecule has 2 aromatic rings. The number of anilines is 1. The lowest BCUT2D eigenvalue weighted by molar-refractivity contribution is -0.141. The third-order valence-corrected chi connectivity index (χ3v) is 5.13. The Kier molecular flexibility index (Phi) is 4.34. The minimum Gasteiger partial charge on any atom is -0.362 e. The van der Waals surface area contributed by atoms with Crippen molar-refractivity contribution in [2.75, 3.05) is 18.0 Å². The van der Waals surface area contributed by atoms with Crippen molar-refractivity contribution in [3.8, 4) is 0 Å². The van der Waals surface area contributed by atoms with Crippen molar-refractivity contribution in [2.24, 2.45) is 5.73 Å². The maximum atomic E-state index is 13.0. The normalized spacial score (nSPS) is 17.8. The van der Waals surface area contributed by atoms with Crippen LogP contribution in [0.3, 0.4) is 0 Å². The van der Waals surface area contributed by atoms with E-state index in [0.717, 1.165) is 23.7 Å². The molecule has 0 saturated heterocycles. The van der Waals surface area contributed by atoms with Crippen molar-refractivity contribution in [3.63, 3.8) is 0 Å². The van der Waals surface area contributed by atoms with Gasteiger partial charge in [-0.2, -0.15) is 24.5 Å². The number of alkyl halides is 3. The van der Waals surface area contributed by atoms with Crippen molar-refractivity contribution in [3.05, 3.63) is 45.9 Å². The summed E-state index contributed by atoms with van der Waals surface area (Å²) in [5.41, 5.74) is 6.94. The Morgan fingerprint density at radius 3 is 2.67 bits per heavy atom. The summed E-state index contributed by atoms with van der Waals surface area (Å²) in [5, 5.41) is 4.08. The van der Waals surface area contributed by atoms with E-state index in [-0.39, 0.29) is 6.04 Å². The van der Waals surface area contributed by atoms with Gasteiger partial charge < -0.3 is 10.6 Å². The Labute approximate surface area is 143 Å². The first-order valence-corrected chi connectivity index (χ1v) is 8.76. The van der Waals surface area contributed by atoms with E-state index in [1.807, 2.05) is 25.3 Å². The van der Waals surface area contributed by atoms with Crippen molar-refractivity contribution in [2.45, 2.75) is 37.9 Å². The molecular weight excluding hydrogens is 335 g/mol. The predicted molar refractivity (Wildman–Crippen MR) is 90.3 cm³/mol. The molecule has 24 heavy (non-hydrogen) atoms. The monoisotopic (exact) mass is 355 g/mol.